The Balaban J connectivity index is 2.03. The highest BCUT2D eigenvalue weighted by atomic mass is 35.5. The number of aryl methyl sites for hydroxylation is 1. The predicted octanol–water partition coefficient (Wildman–Crippen LogP) is 4.24. The zero-order chi connectivity index (χ0) is 19.4. The van der Waals surface area contributed by atoms with Crippen LogP contribution in [0.3, 0.4) is 0 Å². The average molecular weight is 387 g/mol. The van der Waals surface area contributed by atoms with E-state index in [9.17, 15) is 10.1 Å². The molecule has 0 fully saturated rings. The minimum atomic E-state index is -0.572. The summed E-state index contributed by atoms with van der Waals surface area (Å²) < 4.78 is 5.30. The molecule has 2 aromatic heterocycles. The van der Waals surface area contributed by atoms with Gasteiger partial charge in [0.05, 0.1) is 23.4 Å². The molecule has 138 valence electrons. The number of hydrogen-bond acceptors (Lipinski definition) is 8. The van der Waals surface area contributed by atoms with E-state index in [1.807, 2.05) is 13.0 Å². The second kappa shape index (κ2) is 7.83. The molecule has 2 N–H and O–H groups in total. The minimum Gasteiger partial charge on any atom is -0.495 e. The fraction of sp³-hybridized carbons (Fsp3) is 0.118. The second-order valence-electron chi connectivity index (χ2n) is 5.47. The molecule has 1 aromatic carbocycles. The van der Waals surface area contributed by atoms with Gasteiger partial charge in [0.2, 0.25) is 11.6 Å². The molecule has 0 aliphatic rings. The van der Waals surface area contributed by atoms with Gasteiger partial charge in [0.15, 0.2) is 5.15 Å². The van der Waals surface area contributed by atoms with Gasteiger partial charge in [-0.25, -0.2) is 15.0 Å². The molecular weight excluding hydrogens is 372 g/mol. The Bertz CT molecular complexity index is 998. The van der Waals surface area contributed by atoms with E-state index in [1.54, 1.807) is 24.3 Å². The number of ether oxygens (including phenoxy) is 1. The number of aromatic nitrogens is 3. The Morgan fingerprint density at radius 2 is 1.81 bits per heavy atom. The number of hydrogen-bond donors (Lipinski definition) is 2. The highest BCUT2D eigenvalue weighted by molar-refractivity contribution is 6.32. The van der Waals surface area contributed by atoms with Gasteiger partial charge in [-0.3, -0.25) is 10.1 Å². The predicted molar refractivity (Wildman–Crippen MR) is 102 cm³/mol. The van der Waals surface area contributed by atoms with E-state index >= 15 is 0 Å². The summed E-state index contributed by atoms with van der Waals surface area (Å²) in [6.45, 7) is 1.90. The molecule has 0 spiro atoms. The molecule has 0 radical (unpaired) electrons. The fourth-order valence-electron chi connectivity index (χ4n) is 2.39. The van der Waals surface area contributed by atoms with Crippen LogP contribution in [0.1, 0.15) is 5.56 Å². The van der Waals surface area contributed by atoms with E-state index in [0.717, 1.165) is 5.56 Å². The zero-order valence-electron chi connectivity index (χ0n) is 14.4. The van der Waals surface area contributed by atoms with Gasteiger partial charge in [0.1, 0.15) is 12.1 Å². The first-order chi connectivity index (χ1) is 13.0. The zero-order valence-corrected chi connectivity index (χ0v) is 15.2. The highest BCUT2D eigenvalue weighted by Crippen LogP contribution is 2.36. The maximum absolute atomic E-state index is 11.7. The van der Waals surface area contributed by atoms with Gasteiger partial charge in [-0.2, -0.15) is 0 Å². The highest BCUT2D eigenvalue weighted by Gasteiger charge is 2.24. The van der Waals surface area contributed by atoms with Gasteiger partial charge in [-0.05, 0) is 36.8 Å². The lowest BCUT2D eigenvalue weighted by atomic mass is 10.2. The quantitative estimate of drug-likeness (QED) is 0.367. The van der Waals surface area contributed by atoms with Crippen LogP contribution >= 0.6 is 11.6 Å². The molecule has 10 heteroatoms. The number of methoxy groups -OCH3 is 1. The van der Waals surface area contributed by atoms with Crippen LogP contribution < -0.4 is 15.4 Å². The number of halogens is 1. The standard InChI is InChI=1S/C17H15ClN6O3/c1-10-5-6-13(27-2)12(8-10)23-17-14(24(25)26)16(20-9-21-17)22-11-4-3-7-19-15(11)18/h3-9H,1-2H3,(H2,20,21,22,23). The summed E-state index contributed by atoms with van der Waals surface area (Å²) in [7, 11) is 1.52. The number of benzene rings is 1. The van der Waals surface area contributed by atoms with E-state index in [1.165, 1.54) is 19.6 Å². The Morgan fingerprint density at radius 3 is 2.44 bits per heavy atom. The van der Waals surface area contributed by atoms with Crippen molar-refractivity contribution in [1.82, 2.24) is 15.0 Å². The maximum Gasteiger partial charge on any atom is 0.353 e. The Labute approximate surface area is 159 Å². The van der Waals surface area contributed by atoms with Crippen molar-refractivity contribution in [2.75, 3.05) is 17.7 Å². The van der Waals surface area contributed by atoms with Gasteiger partial charge < -0.3 is 15.4 Å². The second-order valence-corrected chi connectivity index (χ2v) is 5.83. The first-order valence-electron chi connectivity index (χ1n) is 7.78. The van der Waals surface area contributed by atoms with Crippen LogP contribution in [0.2, 0.25) is 5.15 Å². The summed E-state index contributed by atoms with van der Waals surface area (Å²) in [6, 6.07) is 8.72. The SMILES string of the molecule is COc1ccc(C)cc1Nc1ncnc(Nc2cccnc2Cl)c1[N+](=O)[O-]. The van der Waals surface area contributed by atoms with Gasteiger partial charge >= 0.3 is 5.69 Å². The number of nitrogens with one attached hydrogen (secondary N) is 2. The fourth-order valence-corrected chi connectivity index (χ4v) is 2.56. The Hall–Kier alpha value is -3.46. The molecule has 3 aromatic rings. The third kappa shape index (κ3) is 4.04. The van der Waals surface area contributed by atoms with Gasteiger partial charge in [-0.1, -0.05) is 17.7 Å². The molecule has 0 saturated heterocycles. The van der Waals surface area contributed by atoms with Gasteiger partial charge in [-0.15, -0.1) is 0 Å². The average Bonchev–Trinajstić information content (AvgIpc) is 2.64. The number of nitrogens with zero attached hydrogens (tertiary/aromatic N) is 4. The molecule has 0 aliphatic heterocycles. The smallest absolute Gasteiger partial charge is 0.353 e. The molecule has 3 rings (SSSR count). The lowest BCUT2D eigenvalue weighted by Gasteiger charge is -2.13. The molecule has 0 aliphatic carbocycles. The number of nitro groups is 1. The topological polar surface area (TPSA) is 115 Å². The molecule has 0 unspecified atom stereocenters. The molecular formula is C17H15ClN6O3. The number of anilines is 4. The largest absolute Gasteiger partial charge is 0.495 e. The lowest BCUT2D eigenvalue weighted by Crippen LogP contribution is -2.06. The van der Waals surface area contributed by atoms with E-state index < -0.39 is 4.92 Å². The van der Waals surface area contributed by atoms with Crippen molar-refractivity contribution in [3.8, 4) is 5.75 Å². The first-order valence-corrected chi connectivity index (χ1v) is 8.16. The van der Waals surface area contributed by atoms with Crippen molar-refractivity contribution in [3.05, 3.63) is 63.7 Å². The summed E-state index contributed by atoms with van der Waals surface area (Å²) in [5.41, 5.74) is 1.56. The van der Waals surface area contributed by atoms with Crippen molar-refractivity contribution in [2.24, 2.45) is 0 Å². The van der Waals surface area contributed by atoms with Crippen LogP contribution in [0.15, 0.2) is 42.9 Å². The van der Waals surface area contributed by atoms with Crippen molar-refractivity contribution in [2.45, 2.75) is 6.92 Å². The summed E-state index contributed by atoms with van der Waals surface area (Å²) >= 11 is 6.01. The number of rotatable bonds is 6. The molecule has 0 amide bonds. The lowest BCUT2D eigenvalue weighted by molar-refractivity contribution is -0.383. The van der Waals surface area contributed by atoms with Crippen LogP contribution in [-0.2, 0) is 0 Å². The van der Waals surface area contributed by atoms with E-state index in [2.05, 4.69) is 25.6 Å². The van der Waals surface area contributed by atoms with Crippen LogP contribution in [0.25, 0.3) is 0 Å². The third-order valence-corrected chi connectivity index (χ3v) is 3.93. The molecule has 27 heavy (non-hydrogen) atoms. The summed E-state index contributed by atoms with van der Waals surface area (Å²) in [5, 5.41) is 17.6. The minimum absolute atomic E-state index is 0.0148. The van der Waals surface area contributed by atoms with Crippen molar-refractivity contribution in [1.29, 1.82) is 0 Å². The molecule has 0 saturated carbocycles. The molecule has 2 heterocycles. The normalized spacial score (nSPS) is 10.3. The Morgan fingerprint density at radius 1 is 1.11 bits per heavy atom. The summed E-state index contributed by atoms with van der Waals surface area (Å²) in [4.78, 5) is 23.0. The maximum atomic E-state index is 11.7. The molecule has 0 bridgehead atoms. The van der Waals surface area contributed by atoms with E-state index in [4.69, 9.17) is 16.3 Å². The van der Waals surface area contributed by atoms with Crippen molar-refractivity contribution < 1.29 is 9.66 Å². The van der Waals surface area contributed by atoms with Gasteiger partial charge in [0, 0.05) is 6.20 Å². The molecule has 9 nitrogen and oxygen atoms in total. The monoisotopic (exact) mass is 386 g/mol. The van der Waals surface area contributed by atoms with Crippen LogP contribution in [0, 0.1) is 17.0 Å². The van der Waals surface area contributed by atoms with Crippen LogP contribution in [0.5, 0.6) is 5.75 Å². The van der Waals surface area contributed by atoms with E-state index in [0.29, 0.717) is 17.1 Å². The number of pyridine rings is 1. The first kappa shape index (κ1) is 18.3. The van der Waals surface area contributed by atoms with Crippen molar-refractivity contribution in [3.63, 3.8) is 0 Å². The van der Waals surface area contributed by atoms with Crippen molar-refractivity contribution >= 4 is 40.3 Å². The summed E-state index contributed by atoms with van der Waals surface area (Å²) in [6.07, 6.45) is 2.73. The van der Waals surface area contributed by atoms with Crippen LogP contribution in [0.4, 0.5) is 28.7 Å². The Kier molecular flexibility index (Phi) is 5.32. The van der Waals surface area contributed by atoms with E-state index in [-0.39, 0.29) is 22.5 Å². The van der Waals surface area contributed by atoms with Gasteiger partial charge in [0.25, 0.3) is 0 Å². The van der Waals surface area contributed by atoms with Crippen LogP contribution in [-0.4, -0.2) is 27.0 Å². The third-order valence-electron chi connectivity index (χ3n) is 3.63. The molecule has 0 atom stereocenters. The summed E-state index contributed by atoms with van der Waals surface area (Å²) in [5.74, 6) is 0.527.